The summed E-state index contributed by atoms with van der Waals surface area (Å²) in [7, 11) is 0. The van der Waals surface area contributed by atoms with Crippen LogP contribution >= 0.6 is 0 Å². The molecular formula is C6H8O3. The molecule has 3 nitrogen and oxygen atoms in total. The van der Waals surface area contributed by atoms with Gasteiger partial charge >= 0.3 is 5.97 Å². The Hall–Kier alpha value is -0.860. The van der Waals surface area contributed by atoms with Crippen molar-refractivity contribution in [1.29, 1.82) is 0 Å². The zero-order chi connectivity index (χ0) is 6.85. The first-order chi connectivity index (χ1) is 4.25. The molecule has 1 fully saturated rings. The van der Waals surface area contributed by atoms with Crippen molar-refractivity contribution in [3.05, 3.63) is 0 Å². The SMILES string of the molecule is O=CCC1CC1C(=O)O. The fraction of sp³-hybridized carbons (Fsp3) is 0.667. The summed E-state index contributed by atoms with van der Waals surface area (Å²) in [6, 6.07) is 0. The van der Waals surface area contributed by atoms with Gasteiger partial charge in [0.05, 0.1) is 5.92 Å². The van der Waals surface area contributed by atoms with Gasteiger partial charge in [0.15, 0.2) is 0 Å². The first kappa shape index (κ1) is 6.26. The summed E-state index contributed by atoms with van der Waals surface area (Å²) in [5.74, 6) is -0.850. The molecule has 1 rings (SSSR count). The molecule has 1 saturated carbocycles. The van der Waals surface area contributed by atoms with Crippen molar-refractivity contribution < 1.29 is 14.7 Å². The van der Waals surface area contributed by atoms with Gasteiger partial charge in [-0.05, 0) is 12.3 Å². The van der Waals surface area contributed by atoms with Crippen LogP contribution in [0.4, 0.5) is 0 Å². The van der Waals surface area contributed by atoms with Crippen LogP contribution in [-0.2, 0) is 9.59 Å². The number of carbonyl (C=O) groups excluding carboxylic acids is 1. The van der Waals surface area contributed by atoms with E-state index in [1.807, 2.05) is 0 Å². The van der Waals surface area contributed by atoms with Crippen molar-refractivity contribution in [1.82, 2.24) is 0 Å². The number of aldehydes is 1. The smallest absolute Gasteiger partial charge is 0.306 e. The summed E-state index contributed by atoms with van der Waals surface area (Å²) < 4.78 is 0. The van der Waals surface area contributed by atoms with E-state index in [4.69, 9.17) is 5.11 Å². The Bertz CT molecular complexity index is 141. The Balaban J connectivity index is 2.24. The van der Waals surface area contributed by atoms with E-state index in [0.29, 0.717) is 12.8 Å². The highest BCUT2D eigenvalue weighted by molar-refractivity contribution is 5.74. The topological polar surface area (TPSA) is 54.4 Å². The maximum absolute atomic E-state index is 10.1. The molecule has 2 atom stereocenters. The van der Waals surface area contributed by atoms with E-state index in [1.54, 1.807) is 0 Å². The lowest BCUT2D eigenvalue weighted by atomic mass is 10.2. The van der Waals surface area contributed by atoms with Gasteiger partial charge in [-0.25, -0.2) is 0 Å². The van der Waals surface area contributed by atoms with Crippen LogP contribution in [-0.4, -0.2) is 17.4 Å². The second kappa shape index (κ2) is 2.17. The number of carboxylic acid groups (broad SMARTS) is 1. The fourth-order valence-corrected chi connectivity index (χ4v) is 0.934. The molecule has 1 aliphatic rings. The van der Waals surface area contributed by atoms with Crippen LogP contribution in [0.1, 0.15) is 12.8 Å². The molecule has 0 aliphatic heterocycles. The monoisotopic (exact) mass is 128 g/mol. The minimum absolute atomic E-state index is 0.139. The number of aliphatic carboxylic acids is 1. The lowest BCUT2D eigenvalue weighted by Gasteiger charge is -1.84. The van der Waals surface area contributed by atoms with Gasteiger partial charge < -0.3 is 9.90 Å². The highest BCUT2D eigenvalue weighted by atomic mass is 16.4. The van der Waals surface area contributed by atoms with E-state index < -0.39 is 5.97 Å². The molecule has 2 unspecified atom stereocenters. The molecule has 1 N–H and O–H groups in total. The second-order valence-electron chi connectivity index (χ2n) is 2.34. The van der Waals surface area contributed by atoms with Crippen LogP contribution in [0.5, 0.6) is 0 Å². The van der Waals surface area contributed by atoms with Gasteiger partial charge in [-0.15, -0.1) is 0 Å². The van der Waals surface area contributed by atoms with E-state index in [1.165, 1.54) is 0 Å². The van der Waals surface area contributed by atoms with Gasteiger partial charge in [0, 0.05) is 6.42 Å². The average molecular weight is 128 g/mol. The van der Waals surface area contributed by atoms with Gasteiger partial charge in [0.2, 0.25) is 0 Å². The van der Waals surface area contributed by atoms with E-state index in [-0.39, 0.29) is 11.8 Å². The molecule has 0 heterocycles. The normalized spacial score (nSPS) is 31.6. The molecule has 1 aliphatic carbocycles. The van der Waals surface area contributed by atoms with Crippen molar-refractivity contribution in [2.45, 2.75) is 12.8 Å². The Morgan fingerprint density at radius 1 is 1.78 bits per heavy atom. The Labute approximate surface area is 52.7 Å². The van der Waals surface area contributed by atoms with Crippen molar-refractivity contribution in [3.8, 4) is 0 Å². The predicted octanol–water partition coefficient (Wildman–Crippen LogP) is 0.296. The molecule has 3 heteroatoms. The lowest BCUT2D eigenvalue weighted by molar-refractivity contribution is -0.138. The first-order valence-electron chi connectivity index (χ1n) is 2.92. The first-order valence-corrected chi connectivity index (χ1v) is 2.92. The quantitative estimate of drug-likeness (QED) is 0.556. The molecule has 0 aromatic carbocycles. The zero-order valence-electron chi connectivity index (χ0n) is 4.91. The van der Waals surface area contributed by atoms with Gasteiger partial charge in [-0.2, -0.15) is 0 Å². The average Bonchev–Trinajstić information content (AvgIpc) is 2.47. The molecule has 9 heavy (non-hydrogen) atoms. The summed E-state index contributed by atoms with van der Waals surface area (Å²) in [6.07, 6.45) is 1.89. The third-order valence-electron chi connectivity index (χ3n) is 1.64. The van der Waals surface area contributed by atoms with Crippen molar-refractivity contribution >= 4 is 12.3 Å². The third-order valence-corrected chi connectivity index (χ3v) is 1.64. The fourth-order valence-electron chi connectivity index (χ4n) is 0.934. The van der Waals surface area contributed by atoms with Crippen molar-refractivity contribution in [3.63, 3.8) is 0 Å². The summed E-state index contributed by atoms with van der Waals surface area (Å²) in [4.78, 5) is 20.0. The Morgan fingerprint density at radius 3 is 2.78 bits per heavy atom. The summed E-state index contributed by atoms with van der Waals surface area (Å²) in [6.45, 7) is 0. The van der Waals surface area contributed by atoms with Crippen LogP contribution in [0, 0.1) is 11.8 Å². The van der Waals surface area contributed by atoms with Gasteiger partial charge in [0.25, 0.3) is 0 Å². The largest absolute Gasteiger partial charge is 0.481 e. The Morgan fingerprint density at radius 2 is 2.44 bits per heavy atom. The second-order valence-corrected chi connectivity index (χ2v) is 2.34. The molecule has 50 valence electrons. The van der Waals surface area contributed by atoms with E-state index in [0.717, 1.165) is 6.29 Å². The van der Waals surface area contributed by atoms with Crippen LogP contribution < -0.4 is 0 Å². The summed E-state index contributed by atoms with van der Waals surface area (Å²) in [5, 5.41) is 8.33. The molecule has 0 radical (unpaired) electrons. The molecule has 0 bridgehead atoms. The van der Waals surface area contributed by atoms with E-state index >= 15 is 0 Å². The van der Waals surface area contributed by atoms with Gasteiger partial charge in [-0.3, -0.25) is 4.79 Å². The molecule has 0 aromatic heterocycles. The number of carboxylic acids is 1. The molecule has 0 aromatic rings. The van der Waals surface area contributed by atoms with Gasteiger partial charge in [0.1, 0.15) is 6.29 Å². The zero-order valence-corrected chi connectivity index (χ0v) is 4.91. The summed E-state index contributed by atoms with van der Waals surface area (Å²) in [5.41, 5.74) is 0. The van der Waals surface area contributed by atoms with E-state index in [2.05, 4.69) is 0 Å². The van der Waals surface area contributed by atoms with Crippen LogP contribution in [0.3, 0.4) is 0 Å². The Kier molecular flexibility index (Phi) is 1.51. The molecular weight excluding hydrogens is 120 g/mol. The van der Waals surface area contributed by atoms with Gasteiger partial charge in [-0.1, -0.05) is 0 Å². The maximum atomic E-state index is 10.1. The van der Waals surface area contributed by atoms with Crippen molar-refractivity contribution in [2.75, 3.05) is 0 Å². The summed E-state index contributed by atoms with van der Waals surface area (Å²) >= 11 is 0. The minimum atomic E-state index is -0.762. The van der Waals surface area contributed by atoms with Crippen molar-refractivity contribution in [2.24, 2.45) is 11.8 Å². The number of rotatable bonds is 3. The third kappa shape index (κ3) is 1.28. The minimum Gasteiger partial charge on any atom is -0.481 e. The predicted molar refractivity (Wildman–Crippen MR) is 29.9 cm³/mol. The highest BCUT2D eigenvalue weighted by Gasteiger charge is 2.42. The highest BCUT2D eigenvalue weighted by Crippen LogP contribution is 2.40. The molecule has 0 spiro atoms. The standard InChI is InChI=1S/C6H8O3/c7-2-1-4-3-5(4)6(8)9/h2,4-5H,1,3H2,(H,8,9). The maximum Gasteiger partial charge on any atom is 0.306 e. The lowest BCUT2D eigenvalue weighted by Crippen LogP contribution is -1.99. The molecule has 0 amide bonds. The van der Waals surface area contributed by atoms with Crippen LogP contribution in [0.15, 0.2) is 0 Å². The number of carbonyl (C=O) groups is 2. The van der Waals surface area contributed by atoms with Crippen LogP contribution in [0.25, 0.3) is 0 Å². The van der Waals surface area contributed by atoms with Crippen LogP contribution in [0.2, 0.25) is 0 Å². The number of hydrogen-bond donors (Lipinski definition) is 1. The molecule has 0 saturated heterocycles. The number of hydrogen-bond acceptors (Lipinski definition) is 2. The van der Waals surface area contributed by atoms with E-state index in [9.17, 15) is 9.59 Å².